The van der Waals surface area contributed by atoms with Crippen molar-refractivity contribution in [2.45, 2.75) is 43.9 Å². The van der Waals surface area contributed by atoms with Crippen LogP contribution in [0.4, 0.5) is 8.78 Å². The van der Waals surface area contributed by atoms with Gasteiger partial charge in [-0.05, 0) is 17.0 Å². The maximum atomic E-state index is 13.2. The Labute approximate surface area is 101 Å². The van der Waals surface area contributed by atoms with Crippen molar-refractivity contribution in [3.63, 3.8) is 0 Å². The minimum atomic E-state index is -2.54. The predicted octanol–water partition coefficient (Wildman–Crippen LogP) is 3.44. The molecular formula is C14H19F2N. The van der Waals surface area contributed by atoms with Crippen LogP contribution in [-0.2, 0) is 5.41 Å². The van der Waals surface area contributed by atoms with Gasteiger partial charge in [-0.25, -0.2) is 8.78 Å². The van der Waals surface area contributed by atoms with Crippen molar-refractivity contribution >= 4 is 0 Å². The van der Waals surface area contributed by atoms with Gasteiger partial charge in [-0.1, -0.05) is 38.1 Å². The van der Waals surface area contributed by atoms with Crippen LogP contribution in [0.1, 0.15) is 43.7 Å². The minimum absolute atomic E-state index is 0.111. The second-order valence-corrected chi connectivity index (χ2v) is 5.44. The predicted molar refractivity (Wildman–Crippen MR) is 65.4 cm³/mol. The summed E-state index contributed by atoms with van der Waals surface area (Å²) >= 11 is 0. The molecule has 0 aromatic heterocycles. The van der Waals surface area contributed by atoms with Crippen LogP contribution >= 0.6 is 0 Å². The van der Waals surface area contributed by atoms with Gasteiger partial charge in [-0.3, -0.25) is 0 Å². The molecule has 2 N–H and O–H groups in total. The Morgan fingerprint density at radius 1 is 1.24 bits per heavy atom. The minimum Gasteiger partial charge on any atom is -0.330 e. The van der Waals surface area contributed by atoms with Crippen LogP contribution in [0.3, 0.4) is 0 Å². The molecule has 0 unspecified atom stereocenters. The molecule has 1 fully saturated rings. The van der Waals surface area contributed by atoms with Crippen LogP contribution in [0, 0.1) is 0 Å². The fourth-order valence-electron chi connectivity index (χ4n) is 2.87. The van der Waals surface area contributed by atoms with Gasteiger partial charge in [0, 0.05) is 24.8 Å². The molecule has 0 heterocycles. The SMILES string of the molecule is CC(C)c1ccccc1C1(CN)CC(F)(F)C1. The highest BCUT2D eigenvalue weighted by molar-refractivity contribution is 5.39. The first-order chi connectivity index (χ1) is 7.90. The Balaban J connectivity index is 2.39. The summed E-state index contributed by atoms with van der Waals surface area (Å²) in [7, 11) is 0. The van der Waals surface area contributed by atoms with Gasteiger partial charge in [0.1, 0.15) is 0 Å². The van der Waals surface area contributed by atoms with Crippen molar-refractivity contribution in [3.8, 4) is 0 Å². The lowest BCUT2D eigenvalue weighted by Crippen LogP contribution is -2.54. The van der Waals surface area contributed by atoms with E-state index in [1.807, 2.05) is 24.3 Å². The second kappa shape index (κ2) is 4.05. The van der Waals surface area contributed by atoms with E-state index in [-0.39, 0.29) is 12.8 Å². The van der Waals surface area contributed by atoms with Crippen molar-refractivity contribution in [2.75, 3.05) is 6.54 Å². The van der Waals surface area contributed by atoms with Crippen LogP contribution in [0.25, 0.3) is 0 Å². The second-order valence-electron chi connectivity index (χ2n) is 5.44. The molecule has 1 saturated carbocycles. The third-order valence-electron chi connectivity index (χ3n) is 3.74. The van der Waals surface area contributed by atoms with Crippen LogP contribution in [-0.4, -0.2) is 12.5 Å². The van der Waals surface area contributed by atoms with Gasteiger partial charge in [-0.2, -0.15) is 0 Å². The van der Waals surface area contributed by atoms with Gasteiger partial charge >= 0.3 is 0 Å². The first-order valence-electron chi connectivity index (χ1n) is 6.07. The lowest BCUT2D eigenvalue weighted by atomic mass is 9.60. The largest absolute Gasteiger partial charge is 0.330 e. The van der Waals surface area contributed by atoms with Crippen molar-refractivity contribution in [1.29, 1.82) is 0 Å². The molecule has 0 amide bonds. The third kappa shape index (κ3) is 2.08. The number of nitrogens with two attached hydrogens (primary N) is 1. The molecule has 0 aliphatic heterocycles. The zero-order valence-corrected chi connectivity index (χ0v) is 10.3. The van der Waals surface area contributed by atoms with E-state index < -0.39 is 11.3 Å². The highest BCUT2D eigenvalue weighted by Gasteiger charge is 2.57. The Hall–Kier alpha value is -0.960. The topological polar surface area (TPSA) is 26.0 Å². The molecule has 0 bridgehead atoms. The molecule has 1 aromatic carbocycles. The van der Waals surface area contributed by atoms with E-state index in [0.717, 1.165) is 11.1 Å². The van der Waals surface area contributed by atoms with Gasteiger partial charge < -0.3 is 5.73 Å². The van der Waals surface area contributed by atoms with E-state index >= 15 is 0 Å². The molecular weight excluding hydrogens is 220 g/mol. The van der Waals surface area contributed by atoms with Gasteiger partial charge in [0.25, 0.3) is 0 Å². The number of rotatable bonds is 3. The van der Waals surface area contributed by atoms with E-state index in [4.69, 9.17) is 5.73 Å². The standard InChI is InChI=1S/C14H19F2N/c1-10(2)11-5-3-4-6-12(11)13(9-17)7-14(15,16)8-13/h3-6,10H,7-9,17H2,1-2H3. The summed E-state index contributed by atoms with van der Waals surface area (Å²) < 4.78 is 26.4. The fraction of sp³-hybridized carbons (Fsp3) is 0.571. The van der Waals surface area contributed by atoms with Crippen molar-refractivity contribution in [2.24, 2.45) is 5.73 Å². The van der Waals surface area contributed by atoms with E-state index in [1.54, 1.807) is 0 Å². The Morgan fingerprint density at radius 2 is 1.82 bits per heavy atom. The lowest BCUT2D eigenvalue weighted by Gasteiger charge is -2.48. The summed E-state index contributed by atoms with van der Waals surface area (Å²) in [5.41, 5.74) is 7.41. The van der Waals surface area contributed by atoms with E-state index in [2.05, 4.69) is 13.8 Å². The first kappa shape index (κ1) is 12.5. The smallest absolute Gasteiger partial charge is 0.250 e. The zero-order valence-electron chi connectivity index (χ0n) is 10.3. The number of alkyl halides is 2. The van der Waals surface area contributed by atoms with Gasteiger partial charge in [0.15, 0.2) is 0 Å². The monoisotopic (exact) mass is 239 g/mol. The summed E-state index contributed by atoms with van der Waals surface area (Å²) in [5.74, 6) is -2.20. The van der Waals surface area contributed by atoms with Crippen molar-refractivity contribution in [3.05, 3.63) is 35.4 Å². The molecule has 0 saturated heterocycles. The maximum absolute atomic E-state index is 13.2. The van der Waals surface area contributed by atoms with Crippen LogP contribution in [0.2, 0.25) is 0 Å². The van der Waals surface area contributed by atoms with Crippen molar-refractivity contribution in [1.82, 2.24) is 0 Å². The Kier molecular flexibility index (Phi) is 2.98. The van der Waals surface area contributed by atoms with Gasteiger partial charge in [0.2, 0.25) is 5.92 Å². The average molecular weight is 239 g/mol. The molecule has 1 nitrogen and oxygen atoms in total. The summed E-state index contributed by atoms with van der Waals surface area (Å²) in [6.45, 7) is 4.46. The summed E-state index contributed by atoms with van der Waals surface area (Å²) in [4.78, 5) is 0. The molecule has 2 rings (SSSR count). The summed E-state index contributed by atoms with van der Waals surface area (Å²) in [5, 5.41) is 0. The third-order valence-corrected chi connectivity index (χ3v) is 3.74. The highest BCUT2D eigenvalue weighted by atomic mass is 19.3. The zero-order chi connectivity index (χ0) is 12.7. The molecule has 1 aliphatic carbocycles. The molecule has 1 aromatic rings. The average Bonchev–Trinajstić information content (AvgIpc) is 2.25. The number of hydrogen-bond acceptors (Lipinski definition) is 1. The van der Waals surface area contributed by atoms with Crippen molar-refractivity contribution < 1.29 is 8.78 Å². The molecule has 3 heteroatoms. The van der Waals surface area contributed by atoms with E-state index in [9.17, 15) is 8.78 Å². The summed E-state index contributed by atoms with van der Waals surface area (Å²) in [6.07, 6.45) is -0.222. The maximum Gasteiger partial charge on any atom is 0.250 e. The van der Waals surface area contributed by atoms with Gasteiger partial charge in [-0.15, -0.1) is 0 Å². The van der Waals surface area contributed by atoms with Gasteiger partial charge in [0.05, 0.1) is 0 Å². The van der Waals surface area contributed by atoms with E-state index in [1.165, 1.54) is 0 Å². The van der Waals surface area contributed by atoms with E-state index in [0.29, 0.717) is 12.5 Å². The molecule has 1 aliphatic rings. The number of benzene rings is 1. The number of halogens is 2. The molecule has 17 heavy (non-hydrogen) atoms. The Morgan fingerprint density at radius 3 is 2.29 bits per heavy atom. The molecule has 0 spiro atoms. The normalized spacial score (nSPS) is 21.3. The first-order valence-corrected chi connectivity index (χ1v) is 6.07. The lowest BCUT2D eigenvalue weighted by molar-refractivity contribution is -0.124. The fourth-order valence-corrected chi connectivity index (χ4v) is 2.87. The quantitative estimate of drug-likeness (QED) is 0.859. The highest BCUT2D eigenvalue weighted by Crippen LogP contribution is 2.54. The van der Waals surface area contributed by atoms with Crippen LogP contribution < -0.4 is 5.73 Å². The molecule has 0 atom stereocenters. The van der Waals surface area contributed by atoms with Crippen LogP contribution in [0.15, 0.2) is 24.3 Å². The molecule has 94 valence electrons. The van der Waals surface area contributed by atoms with Crippen LogP contribution in [0.5, 0.6) is 0 Å². The number of hydrogen-bond donors (Lipinski definition) is 1. The molecule has 0 radical (unpaired) electrons. The Bertz CT molecular complexity index is 404. The summed E-state index contributed by atoms with van der Waals surface area (Å²) in [6, 6.07) is 7.85.